The van der Waals surface area contributed by atoms with Gasteiger partial charge in [0.05, 0.1) is 17.8 Å². The smallest absolute Gasteiger partial charge is 0.262 e. The second-order valence-electron chi connectivity index (χ2n) is 7.77. The van der Waals surface area contributed by atoms with Crippen LogP contribution in [0.5, 0.6) is 0 Å². The molecule has 0 aliphatic carbocycles. The maximum Gasteiger partial charge on any atom is 0.262 e. The summed E-state index contributed by atoms with van der Waals surface area (Å²) in [4.78, 5) is 30.1. The van der Waals surface area contributed by atoms with Crippen LogP contribution in [0.3, 0.4) is 0 Å². The normalized spacial score (nSPS) is 12.4. The summed E-state index contributed by atoms with van der Waals surface area (Å²) in [5.74, 6) is 0.211. The van der Waals surface area contributed by atoms with Gasteiger partial charge in [0.2, 0.25) is 5.91 Å². The molecule has 2 aromatic heterocycles. The number of rotatable bonds is 9. The number of carbonyl (C=O) groups excluding carboxylic acids is 1. The number of thiophene rings is 1. The van der Waals surface area contributed by atoms with Crippen LogP contribution in [0.15, 0.2) is 46.8 Å². The second-order valence-corrected chi connectivity index (χ2v) is 8.66. The van der Waals surface area contributed by atoms with E-state index in [9.17, 15) is 9.59 Å². The van der Waals surface area contributed by atoms with Crippen molar-refractivity contribution < 1.29 is 4.79 Å². The molecule has 1 unspecified atom stereocenters. The monoisotopic (exact) mass is 411 g/mol. The van der Waals surface area contributed by atoms with Gasteiger partial charge in [-0.25, -0.2) is 4.98 Å². The fraction of sp³-hybridized carbons (Fsp3) is 0.435. The number of hydrogen-bond acceptors (Lipinski definition) is 4. The van der Waals surface area contributed by atoms with E-state index in [1.807, 2.05) is 5.38 Å². The average molecular weight is 412 g/mol. The van der Waals surface area contributed by atoms with E-state index in [1.54, 1.807) is 6.07 Å². The van der Waals surface area contributed by atoms with Crippen molar-refractivity contribution in [2.45, 2.75) is 59.0 Å². The molecule has 1 amide bonds. The summed E-state index contributed by atoms with van der Waals surface area (Å²) in [6, 6.07) is 10.3. The number of hydrogen-bond donors (Lipinski definition) is 1. The van der Waals surface area contributed by atoms with Crippen molar-refractivity contribution in [1.82, 2.24) is 14.9 Å². The molecule has 0 aliphatic rings. The van der Waals surface area contributed by atoms with E-state index in [-0.39, 0.29) is 29.8 Å². The van der Waals surface area contributed by atoms with Crippen LogP contribution in [0.1, 0.15) is 57.2 Å². The van der Waals surface area contributed by atoms with E-state index in [0.717, 1.165) is 16.8 Å². The van der Waals surface area contributed by atoms with Gasteiger partial charge in [0.15, 0.2) is 0 Å². The molecule has 154 valence electrons. The van der Waals surface area contributed by atoms with E-state index in [0.29, 0.717) is 11.9 Å². The van der Waals surface area contributed by atoms with Crippen molar-refractivity contribution in [3.05, 3.63) is 63.5 Å². The molecule has 1 N–H and O–H groups in total. The zero-order valence-electron chi connectivity index (χ0n) is 17.4. The highest BCUT2D eigenvalue weighted by Gasteiger charge is 2.18. The summed E-state index contributed by atoms with van der Waals surface area (Å²) >= 11 is 1.45. The molecular formula is C23H29N3O2S. The molecule has 2 heterocycles. The Labute approximate surface area is 175 Å². The molecule has 0 aliphatic heterocycles. The molecule has 1 atom stereocenters. The van der Waals surface area contributed by atoms with Crippen LogP contribution in [0.2, 0.25) is 0 Å². The highest BCUT2D eigenvalue weighted by Crippen LogP contribution is 2.23. The quantitative estimate of drug-likeness (QED) is 0.555. The Morgan fingerprint density at radius 1 is 1.21 bits per heavy atom. The molecule has 3 rings (SSSR count). The minimum atomic E-state index is -0.0906. The lowest BCUT2D eigenvalue weighted by Crippen LogP contribution is -2.33. The van der Waals surface area contributed by atoms with Crippen LogP contribution < -0.4 is 10.9 Å². The molecule has 3 aromatic rings. The summed E-state index contributed by atoms with van der Waals surface area (Å²) in [5, 5.41) is 5.61. The standard InChI is InChI=1S/C23H29N3O2S/c1-4-5-6-17-7-9-18(10-8-17)21(16(2)3)25-20(27)11-13-26-15-24-22-19(23(26)28)12-14-29-22/h7-10,12,14-16,21H,4-6,11,13H2,1-3H3,(H,25,27). The number of aromatic nitrogens is 2. The number of aryl methyl sites for hydroxylation is 2. The number of benzene rings is 1. The van der Waals surface area contributed by atoms with E-state index in [4.69, 9.17) is 0 Å². The fourth-order valence-electron chi connectivity index (χ4n) is 3.43. The van der Waals surface area contributed by atoms with Crippen molar-refractivity contribution in [3.8, 4) is 0 Å². The minimum Gasteiger partial charge on any atom is -0.349 e. The Morgan fingerprint density at radius 3 is 2.66 bits per heavy atom. The summed E-state index contributed by atoms with van der Waals surface area (Å²) in [5.41, 5.74) is 2.36. The SMILES string of the molecule is CCCCc1ccc(C(NC(=O)CCn2cnc3sccc3c2=O)C(C)C)cc1. The highest BCUT2D eigenvalue weighted by molar-refractivity contribution is 7.16. The molecule has 0 bridgehead atoms. The predicted molar refractivity (Wildman–Crippen MR) is 119 cm³/mol. The second kappa shape index (κ2) is 9.83. The van der Waals surface area contributed by atoms with Gasteiger partial charge in [-0.05, 0) is 41.3 Å². The maximum atomic E-state index is 12.6. The zero-order valence-corrected chi connectivity index (χ0v) is 18.2. The first kappa shape index (κ1) is 21.2. The molecular weight excluding hydrogens is 382 g/mol. The Bertz CT molecular complexity index is 1000. The Morgan fingerprint density at radius 2 is 1.97 bits per heavy atom. The first-order valence-electron chi connectivity index (χ1n) is 10.3. The Hall–Kier alpha value is -2.47. The van der Waals surface area contributed by atoms with Crippen molar-refractivity contribution in [2.75, 3.05) is 0 Å². The summed E-state index contributed by atoms with van der Waals surface area (Å²) < 4.78 is 1.52. The number of amides is 1. The van der Waals surface area contributed by atoms with Crippen LogP contribution >= 0.6 is 11.3 Å². The van der Waals surface area contributed by atoms with Crippen molar-refractivity contribution in [3.63, 3.8) is 0 Å². The number of fused-ring (bicyclic) bond motifs is 1. The molecule has 1 aromatic carbocycles. The molecule has 6 heteroatoms. The van der Waals surface area contributed by atoms with Gasteiger partial charge in [-0.15, -0.1) is 11.3 Å². The van der Waals surface area contributed by atoms with Crippen molar-refractivity contribution in [2.24, 2.45) is 5.92 Å². The van der Waals surface area contributed by atoms with Gasteiger partial charge in [0.25, 0.3) is 5.56 Å². The van der Waals surface area contributed by atoms with Gasteiger partial charge in [-0.3, -0.25) is 14.2 Å². The van der Waals surface area contributed by atoms with Crippen LogP contribution in [0.4, 0.5) is 0 Å². The molecule has 0 spiro atoms. The maximum absolute atomic E-state index is 12.6. The van der Waals surface area contributed by atoms with Gasteiger partial charge in [0, 0.05) is 13.0 Å². The lowest BCUT2D eigenvalue weighted by Gasteiger charge is -2.23. The molecule has 0 saturated carbocycles. The number of carbonyl (C=O) groups is 1. The molecule has 0 fully saturated rings. The third-order valence-corrected chi connectivity index (χ3v) is 5.99. The minimum absolute atomic E-state index is 0.0445. The molecule has 0 radical (unpaired) electrons. The first-order valence-corrected chi connectivity index (χ1v) is 11.2. The Balaban J connectivity index is 1.63. The summed E-state index contributed by atoms with van der Waals surface area (Å²) in [6.07, 6.45) is 5.24. The van der Waals surface area contributed by atoms with E-state index in [2.05, 4.69) is 55.3 Å². The largest absolute Gasteiger partial charge is 0.349 e. The van der Waals surface area contributed by atoms with Crippen molar-refractivity contribution in [1.29, 1.82) is 0 Å². The van der Waals surface area contributed by atoms with E-state index in [1.165, 1.54) is 40.6 Å². The third kappa shape index (κ3) is 5.32. The third-order valence-electron chi connectivity index (χ3n) is 5.17. The topological polar surface area (TPSA) is 64.0 Å². The van der Waals surface area contributed by atoms with Crippen LogP contribution in [0, 0.1) is 5.92 Å². The van der Waals surface area contributed by atoms with E-state index >= 15 is 0 Å². The van der Waals surface area contributed by atoms with Crippen molar-refractivity contribution >= 4 is 27.5 Å². The first-order chi connectivity index (χ1) is 14.0. The van der Waals surface area contributed by atoms with E-state index < -0.39 is 0 Å². The molecule has 0 saturated heterocycles. The molecule has 29 heavy (non-hydrogen) atoms. The fourth-order valence-corrected chi connectivity index (χ4v) is 4.15. The lowest BCUT2D eigenvalue weighted by atomic mass is 9.94. The van der Waals surface area contributed by atoms with Gasteiger partial charge >= 0.3 is 0 Å². The van der Waals surface area contributed by atoms with Crippen LogP contribution in [-0.4, -0.2) is 15.5 Å². The Kier molecular flexibility index (Phi) is 7.20. The summed E-state index contributed by atoms with van der Waals surface area (Å²) in [7, 11) is 0. The number of nitrogens with zero attached hydrogens (tertiary/aromatic N) is 2. The molecule has 5 nitrogen and oxygen atoms in total. The summed E-state index contributed by atoms with van der Waals surface area (Å²) in [6.45, 7) is 6.73. The average Bonchev–Trinajstić information content (AvgIpc) is 3.20. The number of nitrogens with one attached hydrogen (secondary N) is 1. The predicted octanol–water partition coefficient (Wildman–Crippen LogP) is 4.70. The van der Waals surface area contributed by atoms with Gasteiger partial charge in [0.1, 0.15) is 4.83 Å². The van der Waals surface area contributed by atoms with Crippen LogP contribution in [0.25, 0.3) is 10.2 Å². The zero-order chi connectivity index (χ0) is 20.8. The lowest BCUT2D eigenvalue weighted by molar-refractivity contribution is -0.122. The van der Waals surface area contributed by atoms with Gasteiger partial charge in [-0.2, -0.15) is 0 Å². The number of unbranched alkanes of at least 4 members (excludes halogenated alkanes) is 1. The van der Waals surface area contributed by atoms with Gasteiger partial charge in [-0.1, -0.05) is 51.5 Å². The van der Waals surface area contributed by atoms with Crippen LogP contribution in [-0.2, 0) is 17.8 Å². The van der Waals surface area contributed by atoms with Gasteiger partial charge < -0.3 is 5.32 Å². The highest BCUT2D eigenvalue weighted by atomic mass is 32.1.